The number of pyridine rings is 1. The van der Waals surface area contributed by atoms with Gasteiger partial charge in [0.2, 0.25) is 5.91 Å². The zero-order valence-corrected chi connectivity index (χ0v) is 25.8. The van der Waals surface area contributed by atoms with E-state index in [9.17, 15) is 9.59 Å². The molecule has 4 saturated carbocycles. The van der Waals surface area contributed by atoms with Crippen LogP contribution in [-0.4, -0.2) is 28.7 Å². The lowest BCUT2D eigenvalue weighted by Crippen LogP contribution is -2.53. The maximum atomic E-state index is 14.8. The van der Waals surface area contributed by atoms with Gasteiger partial charge in [-0.3, -0.25) is 9.59 Å². The summed E-state index contributed by atoms with van der Waals surface area (Å²) in [6.07, 6.45) is 7.17. The Balaban J connectivity index is 1.29. The second-order valence-corrected chi connectivity index (χ2v) is 14.1. The highest BCUT2D eigenvalue weighted by atomic mass is 79.9. The summed E-state index contributed by atoms with van der Waals surface area (Å²) in [5.74, 6) is 2.85. The Labute approximate surface area is 259 Å². The van der Waals surface area contributed by atoms with Crippen molar-refractivity contribution < 1.29 is 9.53 Å². The number of rotatable bonds is 5. The lowest BCUT2D eigenvalue weighted by atomic mass is 9.49. The molecule has 4 fully saturated rings. The van der Waals surface area contributed by atoms with Crippen LogP contribution in [0.15, 0.2) is 87.2 Å². The molecule has 5 aliphatic rings. The van der Waals surface area contributed by atoms with Gasteiger partial charge in [0, 0.05) is 27.4 Å². The summed E-state index contributed by atoms with van der Waals surface area (Å²) < 4.78 is 6.36. The van der Waals surface area contributed by atoms with Gasteiger partial charge >= 0.3 is 0 Å². The summed E-state index contributed by atoms with van der Waals surface area (Å²) in [7, 11) is 1.66. The molecule has 0 unspecified atom stereocenters. The van der Waals surface area contributed by atoms with Gasteiger partial charge in [-0.1, -0.05) is 58.4 Å². The van der Waals surface area contributed by atoms with Crippen molar-refractivity contribution in [2.75, 3.05) is 7.11 Å². The van der Waals surface area contributed by atoms with Gasteiger partial charge in [0.25, 0.3) is 5.56 Å². The molecule has 218 valence electrons. The third-order valence-electron chi connectivity index (χ3n) is 10.4. The maximum absolute atomic E-state index is 14.8. The first-order valence-corrected chi connectivity index (χ1v) is 16.2. The van der Waals surface area contributed by atoms with E-state index in [2.05, 4.69) is 20.9 Å². The lowest BCUT2D eigenvalue weighted by Gasteiger charge is -2.56. The summed E-state index contributed by atoms with van der Waals surface area (Å²) >= 11 is 3.64. The van der Waals surface area contributed by atoms with Gasteiger partial charge in [0.05, 0.1) is 29.8 Å². The lowest BCUT2D eigenvalue weighted by molar-refractivity contribution is -0.159. The molecular formula is C36H34BrN3O3. The fourth-order valence-electron chi connectivity index (χ4n) is 9.00. The predicted octanol–water partition coefficient (Wildman–Crippen LogP) is 7.86. The second-order valence-electron chi connectivity index (χ2n) is 13.1. The zero-order chi connectivity index (χ0) is 29.3. The highest BCUT2D eigenvalue weighted by molar-refractivity contribution is 9.10. The van der Waals surface area contributed by atoms with Gasteiger partial charge in [-0.25, -0.2) is 5.01 Å². The van der Waals surface area contributed by atoms with Crippen molar-refractivity contribution in [2.24, 2.45) is 28.3 Å². The summed E-state index contributed by atoms with van der Waals surface area (Å²) in [4.78, 5) is 31.9. The van der Waals surface area contributed by atoms with Crippen LogP contribution < -0.4 is 10.3 Å². The van der Waals surface area contributed by atoms with Crippen LogP contribution in [-0.2, 0) is 4.79 Å². The number of methoxy groups -OCH3 is 1. The minimum atomic E-state index is -0.346. The fourth-order valence-corrected chi connectivity index (χ4v) is 9.36. The molecule has 0 spiro atoms. The molecule has 0 saturated heterocycles. The number of fused-ring (bicyclic) bond motifs is 1. The van der Waals surface area contributed by atoms with Gasteiger partial charge < -0.3 is 9.72 Å². The molecule has 6 nitrogen and oxygen atoms in total. The van der Waals surface area contributed by atoms with Crippen LogP contribution in [0.3, 0.4) is 0 Å². The second kappa shape index (κ2) is 10.2. The number of ether oxygens (including phenoxy) is 1. The third-order valence-corrected chi connectivity index (χ3v) is 10.9. The summed E-state index contributed by atoms with van der Waals surface area (Å²) in [6, 6.07) is 23.6. The SMILES string of the molecule is COc1ccc([C@H]2CC(c3c(-c4ccccc4)c4cc(Br)ccc4[nH]c3=O)=NN2C(=O)C23CC4CC(CC(C4)C2)C3)cc1. The molecule has 3 aromatic carbocycles. The van der Waals surface area contributed by atoms with Crippen molar-refractivity contribution in [3.63, 3.8) is 0 Å². The molecule has 4 aliphatic carbocycles. The van der Waals surface area contributed by atoms with E-state index >= 15 is 0 Å². The summed E-state index contributed by atoms with van der Waals surface area (Å²) in [5, 5.41) is 7.83. The molecule has 1 amide bonds. The average Bonchev–Trinajstić information content (AvgIpc) is 3.45. The molecule has 4 bridgehead atoms. The van der Waals surface area contributed by atoms with E-state index in [1.807, 2.05) is 72.8 Å². The monoisotopic (exact) mass is 635 g/mol. The van der Waals surface area contributed by atoms with E-state index in [4.69, 9.17) is 9.84 Å². The molecule has 1 aromatic heterocycles. The number of hydrogen-bond donors (Lipinski definition) is 1. The normalized spacial score (nSPS) is 27.5. The van der Waals surface area contributed by atoms with Gasteiger partial charge in [-0.05, 0) is 97.7 Å². The Bertz CT molecular complexity index is 1790. The van der Waals surface area contributed by atoms with Crippen molar-refractivity contribution in [1.82, 2.24) is 9.99 Å². The van der Waals surface area contributed by atoms with Crippen LogP contribution in [0.2, 0.25) is 0 Å². The predicted molar refractivity (Wildman–Crippen MR) is 172 cm³/mol. The number of hydrazone groups is 1. The van der Waals surface area contributed by atoms with Crippen molar-refractivity contribution >= 4 is 38.5 Å². The van der Waals surface area contributed by atoms with Crippen LogP contribution in [0.4, 0.5) is 0 Å². The number of halogens is 1. The molecule has 1 aliphatic heterocycles. The Morgan fingerprint density at radius 2 is 1.60 bits per heavy atom. The van der Waals surface area contributed by atoms with Gasteiger partial charge in [0.15, 0.2) is 0 Å². The molecule has 9 rings (SSSR count). The van der Waals surface area contributed by atoms with Crippen LogP contribution in [0, 0.1) is 23.2 Å². The molecule has 2 heterocycles. The minimum absolute atomic E-state index is 0.142. The van der Waals surface area contributed by atoms with Crippen LogP contribution >= 0.6 is 15.9 Å². The van der Waals surface area contributed by atoms with E-state index < -0.39 is 0 Å². The number of H-pyrrole nitrogens is 1. The third kappa shape index (κ3) is 4.46. The Hall–Kier alpha value is -3.71. The van der Waals surface area contributed by atoms with Crippen molar-refractivity contribution in [1.29, 1.82) is 0 Å². The van der Waals surface area contributed by atoms with Gasteiger partial charge in [-0.15, -0.1) is 0 Å². The van der Waals surface area contributed by atoms with Gasteiger partial charge in [-0.2, -0.15) is 5.10 Å². The Kier molecular flexibility index (Phi) is 6.37. The molecule has 43 heavy (non-hydrogen) atoms. The molecular weight excluding hydrogens is 602 g/mol. The standard InChI is InChI=1S/C36H34BrN3O3/c1-43-27-10-7-24(8-11-27)31-17-30(39-40(31)35(42)36-18-21-13-22(19-36)15-23(14-21)20-36)33-32(25-5-3-2-4-6-25)28-16-26(37)9-12-29(28)38-34(33)41/h2-12,16,21-23,31H,13-15,17-20H2,1H3,(H,38,41)/t21?,22?,23?,31-,36?/m1/s1. The number of carbonyl (C=O) groups excluding carboxylic acids is 1. The van der Waals surface area contributed by atoms with E-state index in [1.165, 1.54) is 19.3 Å². The number of amides is 1. The van der Waals surface area contributed by atoms with Crippen molar-refractivity contribution in [2.45, 2.75) is 51.0 Å². The minimum Gasteiger partial charge on any atom is -0.497 e. The Morgan fingerprint density at radius 3 is 2.26 bits per heavy atom. The first kappa shape index (κ1) is 26.9. The number of benzene rings is 3. The molecule has 4 aromatic rings. The summed E-state index contributed by atoms with van der Waals surface area (Å²) in [6.45, 7) is 0. The maximum Gasteiger partial charge on any atom is 0.258 e. The van der Waals surface area contributed by atoms with Crippen LogP contribution in [0.25, 0.3) is 22.0 Å². The largest absolute Gasteiger partial charge is 0.497 e. The highest BCUT2D eigenvalue weighted by Crippen LogP contribution is 2.61. The Morgan fingerprint density at radius 1 is 0.930 bits per heavy atom. The first-order chi connectivity index (χ1) is 20.9. The molecule has 0 radical (unpaired) electrons. The first-order valence-electron chi connectivity index (χ1n) is 15.4. The van der Waals surface area contributed by atoms with E-state index in [-0.39, 0.29) is 22.9 Å². The number of hydrogen-bond acceptors (Lipinski definition) is 4. The average molecular weight is 637 g/mol. The number of carbonyl (C=O) groups is 1. The molecule has 7 heteroatoms. The van der Waals surface area contributed by atoms with Crippen molar-refractivity contribution in [3.05, 3.63) is 98.7 Å². The summed E-state index contributed by atoms with van der Waals surface area (Å²) in [5.41, 5.74) is 4.21. The number of nitrogens with zero attached hydrogens (tertiary/aromatic N) is 2. The number of nitrogens with one attached hydrogen (secondary N) is 1. The van der Waals surface area contributed by atoms with E-state index in [0.29, 0.717) is 35.4 Å². The van der Waals surface area contributed by atoms with Crippen LogP contribution in [0.1, 0.15) is 62.1 Å². The van der Waals surface area contributed by atoms with Gasteiger partial charge in [0.1, 0.15) is 5.75 Å². The quantitative estimate of drug-likeness (QED) is 0.242. The number of aromatic nitrogens is 1. The van der Waals surface area contributed by atoms with E-state index in [1.54, 1.807) is 12.1 Å². The van der Waals surface area contributed by atoms with Crippen LogP contribution in [0.5, 0.6) is 5.75 Å². The topological polar surface area (TPSA) is 74.8 Å². The fraction of sp³-hybridized carbons (Fsp3) is 0.361. The van der Waals surface area contributed by atoms with Crippen molar-refractivity contribution in [3.8, 4) is 16.9 Å². The highest BCUT2D eigenvalue weighted by Gasteiger charge is 2.57. The zero-order valence-electron chi connectivity index (χ0n) is 24.2. The molecule has 1 atom stereocenters. The smallest absolute Gasteiger partial charge is 0.258 e. The number of aromatic amines is 1. The molecule has 1 N–H and O–H groups in total. The van der Waals surface area contributed by atoms with E-state index in [0.717, 1.165) is 57.1 Å².